The SMILES string of the molecule is O=C(Nc1cc2ccccc2cn1)Oc1ccc2nc(-c3c(Cl)cccc3Cl)[nH]c2c1. The van der Waals surface area contributed by atoms with Crippen LogP contribution in [0.4, 0.5) is 10.6 Å². The van der Waals surface area contributed by atoms with Gasteiger partial charge in [0.05, 0.1) is 26.6 Å². The summed E-state index contributed by atoms with van der Waals surface area (Å²) in [4.78, 5) is 24.3. The second-order valence-electron chi connectivity index (χ2n) is 6.79. The number of aromatic nitrogens is 3. The van der Waals surface area contributed by atoms with Gasteiger partial charge in [0, 0.05) is 17.6 Å². The van der Waals surface area contributed by atoms with Crippen molar-refractivity contribution in [3.05, 3.63) is 83.0 Å². The minimum Gasteiger partial charge on any atom is -0.410 e. The molecular weight excluding hydrogens is 435 g/mol. The standard InChI is InChI=1S/C23H14Cl2N4O2/c24-16-6-3-7-17(25)21(16)22-27-18-9-8-15(11-19(18)28-22)31-23(30)29-20-10-13-4-1-2-5-14(13)12-26-20/h1-12H,(H,27,28)(H,26,29,30). The Labute approximate surface area is 186 Å². The number of carbonyl (C=O) groups excluding carboxylic acids is 1. The number of benzene rings is 3. The van der Waals surface area contributed by atoms with Crippen LogP contribution in [0, 0.1) is 0 Å². The lowest BCUT2D eigenvalue weighted by molar-refractivity contribution is 0.215. The monoisotopic (exact) mass is 448 g/mol. The van der Waals surface area contributed by atoms with Crippen LogP contribution in [0.2, 0.25) is 10.0 Å². The van der Waals surface area contributed by atoms with E-state index in [9.17, 15) is 4.79 Å². The Kier molecular flexibility index (Phi) is 4.94. The number of pyridine rings is 1. The summed E-state index contributed by atoms with van der Waals surface area (Å²) in [6.45, 7) is 0. The van der Waals surface area contributed by atoms with Crippen molar-refractivity contribution in [1.29, 1.82) is 0 Å². The average molecular weight is 449 g/mol. The van der Waals surface area contributed by atoms with Crippen molar-refractivity contribution >= 4 is 56.9 Å². The number of rotatable bonds is 3. The average Bonchev–Trinajstić information content (AvgIpc) is 3.16. The van der Waals surface area contributed by atoms with Gasteiger partial charge in [-0.15, -0.1) is 0 Å². The molecule has 5 aromatic rings. The van der Waals surface area contributed by atoms with Crippen molar-refractivity contribution in [2.75, 3.05) is 5.32 Å². The number of carbonyl (C=O) groups is 1. The Hall–Kier alpha value is -3.61. The van der Waals surface area contributed by atoms with Crippen LogP contribution >= 0.6 is 23.2 Å². The molecule has 1 amide bonds. The number of fused-ring (bicyclic) bond motifs is 2. The molecule has 31 heavy (non-hydrogen) atoms. The number of imidazole rings is 1. The molecule has 0 saturated carbocycles. The van der Waals surface area contributed by atoms with Crippen molar-refractivity contribution < 1.29 is 9.53 Å². The molecule has 0 bridgehead atoms. The van der Waals surface area contributed by atoms with Crippen molar-refractivity contribution in [1.82, 2.24) is 15.0 Å². The molecule has 0 spiro atoms. The molecule has 0 aliphatic heterocycles. The van der Waals surface area contributed by atoms with Crippen LogP contribution in [0.15, 0.2) is 72.9 Å². The topological polar surface area (TPSA) is 79.9 Å². The molecule has 8 heteroatoms. The van der Waals surface area contributed by atoms with Gasteiger partial charge in [-0.25, -0.2) is 14.8 Å². The molecule has 6 nitrogen and oxygen atoms in total. The zero-order valence-electron chi connectivity index (χ0n) is 15.9. The lowest BCUT2D eigenvalue weighted by Crippen LogP contribution is -2.17. The maximum Gasteiger partial charge on any atom is 0.418 e. The second-order valence-corrected chi connectivity index (χ2v) is 7.61. The van der Waals surface area contributed by atoms with E-state index < -0.39 is 6.09 Å². The molecule has 0 atom stereocenters. The molecule has 2 heterocycles. The molecule has 3 aromatic carbocycles. The fourth-order valence-corrected chi connectivity index (χ4v) is 3.86. The number of aromatic amines is 1. The number of nitrogens with one attached hydrogen (secondary N) is 2. The predicted octanol–water partition coefficient (Wildman–Crippen LogP) is 6.70. The normalized spacial score (nSPS) is 11.0. The van der Waals surface area contributed by atoms with Crippen molar-refractivity contribution in [2.45, 2.75) is 0 Å². The van der Waals surface area contributed by atoms with Gasteiger partial charge in [-0.3, -0.25) is 5.32 Å². The Balaban J connectivity index is 1.37. The van der Waals surface area contributed by atoms with Crippen LogP contribution in [-0.4, -0.2) is 21.0 Å². The molecule has 0 aliphatic carbocycles. The molecular formula is C23H14Cl2N4O2. The maximum absolute atomic E-state index is 12.3. The summed E-state index contributed by atoms with van der Waals surface area (Å²) >= 11 is 12.6. The molecule has 2 N–H and O–H groups in total. The van der Waals surface area contributed by atoms with Gasteiger partial charge in [0.15, 0.2) is 0 Å². The summed E-state index contributed by atoms with van der Waals surface area (Å²) in [5.41, 5.74) is 1.99. The van der Waals surface area contributed by atoms with E-state index in [0.717, 1.165) is 10.8 Å². The van der Waals surface area contributed by atoms with E-state index in [4.69, 9.17) is 27.9 Å². The maximum atomic E-state index is 12.3. The predicted molar refractivity (Wildman–Crippen MR) is 123 cm³/mol. The summed E-state index contributed by atoms with van der Waals surface area (Å²) in [7, 11) is 0. The summed E-state index contributed by atoms with van der Waals surface area (Å²) < 4.78 is 5.41. The zero-order valence-corrected chi connectivity index (χ0v) is 17.4. The summed E-state index contributed by atoms with van der Waals surface area (Å²) in [5, 5.41) is 5.58. The number of ether oxygens (including phenoxy) is 1. The van der Waals surface area contributed by atoms with E-state index >= 15 is 0 Å². The molecule has 152 valence electrons. The Morgan fingerprint density at radius 3 is 2.52 bits per heavy atom. The van der Waals surface area contributed by atoms with Crippen LogP contribution in [0.1, 0.15) is 0 Å². The number of hydrogen-bond acceptors (Lipinski definition) is 4. The molecule has 2 aromatic heterocycles. The van der Waals surface area contributed by atoms with E-state index in [1.165, 1.54) is 0 Å². The molecule has 0 aliphatic rings. The number of anilines is 1. The largest absolute Gasteiger partial charge is 0.418 e. The summed E-state index contributed by atoms with van der Waals surface area (Å²) in [6, 6.07) is 19.9. The van der Waals surface area contributed by atoms with Gasteiger partial charge in [-0.05, 0) is 35.7 Å². The summed E-state index contributed by atoms with van der Waals surface area (Å²) in [5.74, 6) is 1.29. The quantitative estimate of drug-likeness (QED) is 0.321. The van der Waals surface area contributed by atoms with Gasteiger partial charge in [0.25, 0.3) is 0 Å². The first-order chi connectivity index (χ1) is 15.1. The highest BCUT2D eigenvalue weighted by Gasteiger charge is 2.14. The van der Waals surface area contributed by atoms with E-state index in [1.807, 2.05) is 24.3 Å². The number of H-pyrrole nitrogens is 1. The van der Waals surface area contributed by atoms with Crippen molar-refractivity contribution in [2.24, 2.45) is 0 Å². The molecule has 5 rings (SSSR count). The highest BCUT2D eigenvalue weighted by molar-refractivity contribution is 6.39. The number of halogens is 2. The van der Waals surface area contributed by atoms with Gasteiger partial charge in [-0.1, -0.05) is 53.5 Å². The van der Waals surface area contributed by atoms with E-state index in [2.05, 4.69) is 20.3 Å². The molecule has 0 radical (unpaired) electrons. The van der Waals surface area contributed by atoms with Gasteiger partial charge in [0.1, 0.15) is 17.4 Å². The zero-order chi connectivity index (χ0) is 21.4. The third-order valence-corrected chi connectivity index (χ3v) is 5.35. The lowest BCUT2D eigenvalue weighted by Gasteiger charge is -2.07. The van der Waals surface area contributed by atoms with E-state index in [1.54, 1.807) is 48.7 Å². The minimum absolute atomic E-state index is 0.353. The van der Waals surface area contributed by atoms with Crippen LogP contribution < -0.4 is 10.1 Å². The fourth-order valence-electron chi connectivity index (χ4n) is 3.28. The first-order valence-corrected chi connectivity index (χ1v) is 10.1. The number of amides is 1. The Morgan fingerprint density at radius 1 is 0.935 bits per heavy atom. The molecule has 0 unspecified atom stereocenters. The van der Waals surface area contributed by atoms with Crippen molar-refractivity contribution in [3.63, 3.8) is 0 Å². The Morgan fingerprint density at radius 2 is 1.71 bits per heavy atom. The van der Waals surface area contributed by atoms with Crippen LogP contribution in [0.3, 0.4) is 0 Å². The van der Waals surface area contributed by atoms with Gasteiger partial charge >= 0.3 is 6.09 Å². The first kappa shape index (κ1) is 19.4. The van der Waals surface area contributed by atoms with Crippen LogP contribution in [0.25, 0.3) is 33.2 Å². The third-order valence-electron chi connectivity index (χ3n) is 4.72. The van der Waals surface area contributed by atoms with Gasteiger partial charge in [-0.2, -0.15) is 0 Å². The molecule has 0 fully saturated rings. The van der Waals surface area contributed by atoms with E-state index in [-0.39, 0.29) is 0 Å². The number of hydrogen-bond donors (Lipinski definition) is 2. The first-order valence-electron chi connectivity index (χ1n) is 9.34. The van der Waals surface area contributed by atoms with Crippen LogP contribution in [-0.2, 0) is 0 Å². The lowest BCUT2D eigenvalue weighted by atomic mass is 10.2. The van der Waals surface area contributed by atoms with E-state index in [0.29, 0.717) is 44.0 Å². The van der Waals surface area contributed by atoms with Crippen LogP contribution in [0.5, 0.6) is 5.75 Å². The number of nitrogens with zero attached hydrogens (tertiary/aromatic N) is 2. The fraction of sp³-hybridized carbons (Fsp3) is 0. The van der Waals surface area contributed by atoms with Gasteiger partial charge in [0.2, 0.25) is 0 Å². The smallest absolute Gasteiger partial charge is 0.410 e. The Bertz CT molecular complexity index is 1430. The minimum atomic E-state index is -0.643. The van der Waals surface area contributed by atoms with Gasteiger partial charge < -0.3 is 9.72 Å². The molecule has 0 saturated heterocycles. The van der Waals surface area contributed by atoms with Crippen molar-refractivity contribution in [3.8, 4) is 17.1 Å². The third kappa shape index (κ3) is 3.91. The summed E-state index contributed by atoms with van der Waals surface area (Å²) in [6.07, 6.45) is 1.05. The highest BCUT2D eigenvalue weighted by Crippen LogP contribution is 2.34. The second kappa shape index (κ2) is 7.91. The highest BCUT2D eigenvalue weighted by atomic mass is 35.5.